The molecule has 1 aliphatic carbocycles. The van der Waals surface area contributed by atoms with E-state index in [4.69, 9.17) is 0 Å². The van der Waals surface area contributed by atoms with Crippen molar-refractivity contribution in [2.75, 3.05) is 4.90 Å². The van der Waals surface area contributed by atoms with Gasteiger partial charge in [-0.1, -0.05) is 54.7 Å². The molecule has 96 valence electrons. The van der Waals surface area contributed by atoms with Crippen molar-refractivity contribution in [3.8, 4) is 0 Å². The van der Waals surface area contributed by atoms with Crippen LogP contribution in [0.1, 0.15) is 19.4 Å². The Balaban J connectivity index is 2.11. The number of fused-ring (bicyclic) bond motifs is 3. The van der Waals surface area contributed by atoms with Gasteiger partial charge in [0.1, 0.15) is 0 Å². The molecule has 0 saturated heterocycles. The molecule has 1 aromatic rings. The van der Waals surface area contributed by atoms with Crippen molar-refractivity contribution < 1.29 is 0 Å². The Kier molecular flexibility index (Phi) is 2.90. The zero-order valence-corrected chi connectivity index (χ0v) is 11.5. The summed E-state index contributed by atoms with van der Waals surface area (Å²) in [5.74, 6) is 0. The van der Waals surface area contributed by atoms with E-state index in [1.807, 2.05) is 13.0 Å². The number of allylic oxidation sites excluding steroid dienone is 5. The first-order valence-corrected chi connectivity index (χ1v) is 6.81. The number of rotatable bonds is 2. The zero-order chi connectivity index (χ0) is 13.3. The first-order valence-electron chi connectivity index (χ1n) is 6.81. The average molecular weight is 249 g/mol. The predicted molar refractivity (Wildman–Crippen MR) is 82.3 cm³/mol. The lowest BCUT2D eigenvalue weighted by molar-refractivity contribution is 0.549. The van der Waals surface area contributed by atoms with E-state index < -0.39 is 0 Å². The first kappa shape index (κ1) is 12.0. The Morgan fingerprint density at radius 1 is 1.16 bits per heavy atom. The van der Waals surface area contributed by atoms with Crippen molar-refractivity contribution in [1.82, 2.24) is 0 Å². The van der Waals surface area contributed by atoms with Crippen molar-refractivity contribution in [3.63, 3.8) is 0 Å². The minimum Gasteiger partial charge on any atom is -0.340 e. The quantitative estimate of drug-likeness (QED) is 0.704. The SMILES string of the molecule is C/C=C\C=C\N1c2ccccc2[C@@]2(C)C=CC=C[C@@H]12. The molecule has 3 rings (SSSR count). The second-order valence-corrected chi connectivity index (χ2v) is 5.26. The number of nitrogens with zero attached hydrogens (tertiary/aromatic N) is 1. The van der Waals surface area contributed by atoms with E-state index in [-0.39, 0.29) is 5.41 Å². The van der Waals surface area contributed by atoms with Crippen molar-refractivity contribution in [3.05, 3.63) is 78.6 Å². The monoisotopic (exact) mass is 249 g/mol. The number of hydrogen-bond acceptors (Lipinski definition) is 1. The topological polar surface area (TPSA) is 3.24 Å². The maximum Gasteiger partial charge on any atom is 0.0649 e. The van der Waals surface area contributed by atoms with Crippen LogP contribution in [0.15, 0.2) is 73.0 Å². The molecule has 0 fully saturated rings. The van der Waals surface area contributed by atoms with Crippen molar-refractivity contribution in [2.45, 2.75) is 25.3 Å². The molecule has 0 spiro atoms. The fourth-order valence-electron chi connectivity index (χ4n) is 3.08. The standard InChI is InChI=1S/C18H19N/c1-3-4-9-14-19-16-11-6-5-10-15(16)18(2)13-8-7-12-17(18)19/h3-14,17H,1-2H3/b4-3-,14-9+/t17-,18-/m1/s1. The van der Waals surface area contributed by atoms with Gasteiger partial charge in [-0.25, -0.2) is 0 Å². The molecule has 19 heavy (non-hydrogen) atoms. The van der Waals surface area contributed by atoms with Crippen LogP contribution in [0.3, 0.4) is 0 Å². The van der Waals surface area contributed by atoms with Gasteiger partial charge in [0, 0.05) is 17.3 Å². The third kappa shape index (κ3) is 1.77. The van der Waals surface area contributed by atoms with Gasteiger partial charge in [-0.05, 0) is 31.6 Å². The lowest BCUT2D eigenvalue weighted by atomic mass is 9.76. The Bertz CT molecular complexity index is 591. The summed E-state index contributed by atoms with van der Waals surface area (Å²) >= 11 is 0. The highest BCUT2D eigenvalue weighted by atomic mass is 15.2. The summed E-state index contributed by atoms with van der Waals surface area (Å²) in [4.78, 5) is 2.37. The average Bonchev–Trinajstić information content (AvgIpc) is 2.69. The molecule has 0 amide bonds. The summed E-state index contributed by atoms with van der Waals surface area (Å²) in [6, 6.07) is 9.07. The van der Waals surface area contributed by atoms with Gasteiger partial charge in [0.25, 0.3) is 0 Å². The summed E-state index contributed by atoms with van der Waals surface area (Å²) in [7, 11) is 0. The highest BCUT2D eigenvalue weighted by Gasteiger charge is 2.44. The van der Waals surface area contributed by atoms with E-state index in [2.05, 4.69) is 78.7 Å². The van der Waals surface area contributed by atoms with E-state index >= 15 is 0 Å². The molecule has 2 atom stereocenters. The van der Waals surface area contributed by atoms with Gasteiger partial charge in [-0.2, -0.15) is 0 Å². The molecule has 1 aromatic carbocycles. The molecule has 0 N–H and O–H groups in total. The van der Waals surface area contributed by atoms with Gasteiger partial charge in [0.05, 0.1) is 6.04 Å². The molecule has 0 radical (unpaired) electrons. The predicted octanol–water partition coefficient (Wildman–Crippen LogP) is 4.35. The van der Waals surface area contributed by atoms with E-state index in [1.165, 1.54) is 11.3 Å². The van der Waals surface area contributed by atoms with E-state index in [0.717, 1.165) is 0 Å². The maximum absolute atomic E-state index is 2.37. The van der Waals surface area contributed by atoms with Crippen LogP contribution in [-0.4, -0.2) is 6.04 Å². The van der Waals surface area contributed by atoms with Gasteiger partial charge < -0.3 is 4.90 Å². The minimum atomic E-state index is 0.0750. The summed E-state index contributed by atoms with van der Waals surface area (Å²) in [5, 5.41) is 0. The third-order valence-electron chi connectivity index (χ3n) is 4.07. The molecular weight excluding hydrogens is 230 g/mol. The number of anilines is 1. The number of para-hydroxylation sites is 1. The molecule has 0 unspecified atom stereocenters. The van der Waals surface area contributed by atoms with E-state index in [9.17, 15) is 0 Å². The number of benzene rings is 1. The Hall–Kier alpha value is -2.02. The van der Waals surface area contributed by atoms with E-state index in [0.29, 0.717) is 6.04 Å². The highest BCUT2D eigenvalue weighted by Crippen LogP contribution is 2.47. The summed E-state index contributed by atoms with van der Waals surface area (Å²) in [6.07, 6.45) is 17.3. The van der Waals surface area contributed by atoms with Crippen LogP contribution >= 0.6 is 0 Å². The molecule has 0 bridgehead atoms. The maximum atomic E-state index is 2.37. The summed E-state index contributed by atoms with van der Waals surface area (Å²) < 4.78 is 0. The Morgan fingerprint density at radius 2 is 2.00 bits per heavy atom. The second-order valence-electron chi connectivity index (χ2n) is 5.26. The first-order chi connectivity index (χ1) is 9.27. The normalized spacial score (nSPS) is 28.3. The van der Waals surface area contributed by atoms with Crippen LogP contribution < -0.4 is 4.90 Å². The van der Waals surface area contributed by atoms with E-state index in [1.54, 1.807) is 0 Å². The van der Waals surface area contributed by atoms with Crippen LogP contribution in [0.5, 0.6) is 0 Å². The van der Waals surface area contributed by atoms with Crippen LogP contribution in [0.2, 0.25) is 0 Å². The van der Waals surface area contributed by atoms with Gasteiger partial charge in [0.15, 0.2) is 0 Å². The Labute approximate surface area is 115 Å². The van der Waals surface area contributed by atoms with Crippen molar-refractivity contribution in [2.24, 2.45) is 0 Å². The fourth-order valence-corrected chi connectivity index (χ4v) is 3.08. The molecule has 2 aliphatic rings. The van der Waals surface area contributed by atoms with Crippen LogP contribution in [0, 0.1) is 0 Å². The third-order valence-corrected chi connectivity index (χ3v) is 4.07. The highest BCUT2D eigenvalue weighted by molar-refractivity contribution is 5.70. The van der Waals surface area contributed by atoms with Crippen LogP contribution in [0.4, 0.5) is 5.69 Å². The minimum absolute atomic E-state index is 0.0750. The lowest BCUT2D eigenvalue weighted by Crippen LogP contribution is -2.38. The molecule has 0 saturated carbocycles. The summed E-state index contributed by atoms with van der Waals surface area (Å²) in [5.41, 5.74) is 2.80. The van der Waals surface area contributed by atoms with Crippen molar-refractivity contribution in [1.29, 1.82) is 0 Å². The largest absolute Gasteiger partial charge is 0.340 e. The molecular formula is C18H19N. The van der Waals surface area contributed by atoms with Crippen molar-refractivity contribution >= 4 is 5.69 Å². The van der Waals surface area contributed by atoms with Gasteiger partial charge in [-0.15, -0.1) is 0 Å². The smallest absolute Gasteiger partial charge is 0.0649 e. The van der Waals surface area contributed by atoms with Gasteiger partial charge in [0.2, 0.25) is 0 Å². The lowest BCUT2D eigenvalue weighted by Gasteiger charge is -2.32. The van der Waals surface area contributed by atoms with Gasteiger partial charge >= 0.3 is 0 Å². The fraction of sp³-hybridized carbons (Fsp3) is 0.222. The number of hydrogen-bond donors (Lipinski definition) is 0. The van der Waals surface area contributed by atoms with Gasteiger partial charge in [-0.3, -0.25) is 0 Å². The Morgan fingerprint density at radius 3 is 2.84 bits per heavy atom. The molecule has 1 aliphatic heterocycles. The molecule has 1 heterocycles. The molecule has 1 heteroatoms. The molecule has 0 aromatic heterocycles. The van der Waals surface area contributed by atoms with Crippen LogP contribution in [-0.2, 0) is 5.41 Å². The zero-order valence-electron chi connectivity index (χ0n) is 11.5. The summed E-state index contributed by atoms with van der Waals surface area (Å²) in [6.45, 7) is 4.36. The van der Waals surface area contributed by atoms with Crippen LogP contribution in [0.25, 0.3) is 0 Å². The second kappa shape index (κ2) is 4.58. The molecule has 1 nitrogen and oxygen atoms in total.